The van der Waals surface area contributed by atoms with Crippen LogP contribution in [0.25, 0.3) is 0 Å². The fraction of sp³-hybridized carbons (Fsp3) is 0.389. The summed E-state index contributed by atoms with van der Waals surface area (Å²) in [4.78, 5) is 25.4. The van der Waals surface area contributed by atoms with E-state index in [-0.39, 0.29) is 0 Å². The Morgan fingerprint density at radius 3 is 2.54 bits per heavy atom. The van der Waals surface area contributed by atoms with Crippen molar-refractivity contribution in [3.05, 3.63) is 48.0 Å². The number of carboxylic acids is 2. The molecule has 2 aromatic rings. The molecule has 2 rings (SSSR count). The van der Waals surface area contributed by atoms with Crippen LogP contribution in [-0.2, 0) is 22.4 Å². The van der Waals surface area contributed by atoms with E-state index in [2.05, 4.69) is 22.2 Å². The molecule has 8 nitrogen and oxygen atoms in total. The van der Waals surface area contributed by atoms with E-state index in [1.165, 1.54) is 5.56 Å². The maximum absolute atomic E-state index is 9.39. The summed E-state index contributed by atoms with van der Waals surface area (Å²) in [5.74, 6) is -2.67. The molecule has 0 saturated carbocycles. The number of aromatic hydroxyl groups is 1. The van der Waals surface area contributed by atoms with Gasteiger partial charge in [-0.05, 0) is 56.0 Å². The summed E-state index contributed by atoms with van der Waals surface area (Å²) in [5.41, 5.74) is 2.30. The Hall–Kier alpha value is -2.87. The van der Waals surface area contributed by atoms with Crippen molar-refractivity contribution in [2.75, 3.05) is 13.1 Å². The second-order valence-corrected chi connectivity index (χ2v) is 5.94. The van der Waals surface area contributed by atoms with Crippen LogP contribution in [0.5, 0.6) is 5.75 Å². The van der Waals surface area contributed by atoms with Gasteiger partial charge >= 0.3 is 11.9 Å². The van der Waals surface area contributed by atoms with E-state index in [0.717, 1.165) is 38.0 Å². The van der Waals surface area contributed by atoms with Crippen LogP contribution in [0.15, 0.2) is 36.8 Å². The molecule has 0 aliphatic heterocycles. The minimum absolute atomic E-state index is 0.342. The Balaban J connectivity index is 0.000000487. The number of nitrogens with one attached hydrogen (secondary N) is 2. The third-order valence-corrected chi connectivity index (χ3v) is 3.62. The predicted molar refractivity (Wildman–Crippen MR) is 96.0 cm³/mol. The van der Waals surface area contributed by atoms with Crippen LogP contribution in [0.3, 0.4) is 0 Å². The lowest BCUT2D eigenvalue weighted by Crippen LogP contribution is -2.23. The first kappa shape index (κ1) is 21.2. The van der Waals surface area contributed by atoms with E-state index in [0.29, 0.717) is 11.7 Å². The van der Waals surface area contributed by atoms with Gasteiger partial charge in [0.05, 0.1) is 12.0 Å². The molecule has 0 radical (unpaired) electrons. The van der Waals surface area contributed by atoms with Gasteiger partial charge in [-0.1, -0.05) is 19.1 Å². The number of nitrogens with zero attached hydrogens (tertiary/aromatic N) is 1. The number of imidazole rings is 1. The largest absolute Gasteiger partial charge is 0.508 e. The molecule has 1 unspecified atom stereocenters. The molecule has 0 saturated heterocycles. The molecular weight excluding hydrogens is 338 g/mol. The first-order valence-corrected chi connectivity index (χ1v) is 8.31. The minimum atomic E-state index is -1.82. The molecule has 0 bridgehead atoms. The molecule has 0 amide bonds. The van der Waals surface area contributed by atoms with Gasteiger partial charge in [0.1, 0.15) is 5.75 Å². The van der Waals surface area contributed by atoms with E-state index in [1.807, 2.05) is 24.4 Å². The van der Waals surface area contributed by atoms with Crippen molar-refractivity contribution in [2.45, 2.75) is 26.2 Å². The number of aryl methyl sites for hydroxylation is 1. The van der Waals surface area contributed by atoms with E-state index in [4.69, 9.17) is 19.8 Å². The van der Waals surface area contributed by atoms with Crippen molar-refractivity contribution >= 4 is 11.9 Å². The zero-order valence-corrected chi connectivity index (χ0v) is 14.7. The molecule has 1 atom stereocenters. The Labute approximate surface area is 151 Å². The summed E-state index contributed by atoms with van der Waals surface area (Å²) in [7, 11) is 0. The maximum atomic E-state index is 9.39. The topological polar surface area (TPSA) is 136 Å². The molecule has 0 spiro atoms. The second kappa shape index (κ2) is 11.6. The standard InChI is InChI=1S/C16H23N3O.C2H2O4/c1-13(5-6-15-11-18-12-19-15)10-17-8-7-14-3-2-4-16(20)9-14;3-1(4)2(5)6/h2-4,9,11-13,17,20H,5-8,10H2,1H3,(H,18,19);(H,3,4)(H,5,6). The third-order valence-electron chi connectivity index (χ3n) is 3.62. The lowest BCUT2D eigenvalue weighted by Gasteiger charge is -2.12. The lowest BCUT2D eigenvalue weighted by atomic mass is 10.0. The van der Waals surface area contributed by atoms with Gasteiger partial charge in [0.2, 0.25) is 0 Å². The lowest BCUT2D eigenvalue weighted by molar-refractivity contribution is -0.159. The highest BCUT2D eigenvalue weighted by Crippen LogP contribution is 2.11. The number of H-pyrrole nitrogens is 1. The quantitative estimate of drug-likeness (QED) is 0.355. The van der Waals surface area contributed by atoms with Crippen molar-refractivity contribution in [3.63, 3.8) is 0 Å². The Morgan fingerprint density at radius 2 is 1.96 bits per heavy atom. The fourth-order valence-corrected chi connectivity index (χ4v) is 2.22. The molecule has 26 heavy (non-hydrogen) atoms. The number of rotatable bonds is 8. The first-order chi connectivity index (χ1) is 12.4. The molecule has 0 aliphatic carbocycles. The number of phenolic OH excluding ortho intramolecular Hbond substituents is 1. The van der Waals surface area contributed by atoms with Crippen LogP contribution in [0.1, 0.15) is 24.6 Å². The predicted octanol–water partition coefficient (Wildman–Crippen LogP) is 1.67. The van der Waals surface area contributed by atoms with Crippen molar-refractivity contribution in [1.29, 1.82) is 0 Å². The number of hydrogen-bond acceptors (Lipinski definition) is 5. The molecule has 5 N–H and O–H groups in total. The van der Waals surface area contributed by atoms with Gasteiger partial charge in [0.25, 0.3) is 0 Å². The minimum Gasteiger partial charge on any atom is -0.508 e. The highest BCUT2D eigenvalue weighted by atomic mass is 16.4. The average Bonchev–Trinajstić information content (AvgIpc) is 3.11. The summed E-state index contributed by atoms with van der Waals surface area (Å²) < 4.78 is 0. The van der Waals surface area contributed by atoms with Crippen LogP contribution >= 0.6 is 0 Å². The van der Waals surface area contributed by atoms with E-state index in [9.17, 15) is 5.11 Å². The van der Waals surface area contributed by atoms with Gasteiger partial charge < -0.3 is 25.6 Å². The summed E-state index contributed by atoms with van der Waals surface area (Å²) in [6.07, 6.45) is 6.80. The number of aromatic nitrogens is 2. The summed E-state index contributed by atoms with van der Waals surface area (Å²) in [5, 5.41) is 27.6. The molecule has 1 aromatic heterocycles. The summed E-state index contributed by atoms with van der Waals surface area (Å²) >= 11 is 0. The van der Waals surface area contributed by atoms with Crippen molar-refractivity contribution in [2.24, 2.45) is 5.92 Å². The van der Waals surface area contributed by atoms with Gasteiger partial charge in [0, 0.05) is 6.20 Å². The van der Waals surface area contributed by atoms with Gasteiger partial charge in [0.15, 0.2) is 0 Å². The molecule has 0 fully saturated rings. The van der Waals surface area contributed by atoms with Crippen molar-refractivity contribution in [3.8, 4) is 5.75 Å². The van der Waals surface area contributed by atoms with Crippen LogP contribution in [0.2, 0.25) is 0 Å². The van der Waals surface area contributed by atoms with Gasteiger partial charge in [-0.3, -0.25) is 0 Å². The molecule has 8 heteroatoms. The Kier molecular flexibility index (Phi) is 9.48. The normalized spacial score (nSPS) is 11.3. The first-order valence-electron chi connectivity index (χ1n) is 8.31. The summed E-state index contributed by atoms with van der Waals surface area (Å²) in [6.45, 7) is 4.22. The van der Waals surface area contributed by atoms with Crippen molar-refractivity contribution < 1.29 is 24.9 Å². The number of aromatic amines is 1. The number of benzene rings is 1. The Morgan fingerprint density at radius 1 is 1.23 bits per heavy atom. The number of aliphatic carboxylic acids is 2. The summed E-state index contributed by atoms with van der Waals surface area (Å²) in [6, 6.07) is 7.45. The number of carboxylic acid groups (broad SMARTS) is 2. The zero-order chi connectivity index (χ0) is 19.4. The van der Waals surface area contributed by atoms with Crippen LogP contribution in [0.4, 0.5) is 0 Å². The average molecular weight is 363 g/mol. The molecule has 1 aromatic carbocycles. The number of carbonyl (C=O) groups is 2. The smallest absolute Gasteiger partial charge is 0.414 e. The fourth-order valence-electron chi connectivity index (χ4n) is 2.22. The van der Waals surface area contributed by atoms with Crippen LogP contribution in [0, 0.1) is 5.92 Å². The van der Waals surface area contributed by atoms with E-state index >= 15 is 0 Å². The van der Waals surface area contributed by atoms with Gasteiger partial charge in [-0.2, -0.15) is 0 Å². The van der Waals surface area contributed by atoms with Gasteiger partial charge in [-0.15, -0.1) is 0 Å². The molecule has 0 aliphatic rings. The van der Waals surface area contributed by atoms with Crippen LogP contribution < -0.4 is 5.32 Å². The molecule has 142 valence electrons. The Bertz CT molecular complexity index is 661. The number of phenols is 1. The maximum Gasteiger partial charge on any atom is 0.414 e. The zero-order valence-electron chi connectivity index (χ0n) is 14.7. The highest BCUT2D eigenvalue weighted by molar-refractivity contribution is 6.27. The third kappa shape index (κ3) is 9.43. The van der Waals surface area contributed by atoms with Crippen LogP contribution in [-0.4, -0.2) is 50.3 Å². The molecular formula is C18H25N3O5. The monoisotopic (exact) mass is 363 g/mol. The SMILES string of the molecule is CC(CCc1c[nH]cn1)CNCCc1cccc(O)c1.O=C(O)C(=O)O. The van der Waals surface area contributed by atoms with E-state index < -0.39 is 11.9 Å². The van der Waals surface area contributed by atoms with E-state index in [1.54, 1.807) is 12.4 Å². The highest BCUT2D eigenvalue weighted by Gasteiger charge is 2.04. The van der Waals surface area contributed by atoms with Crippen molar-refractivity contribution in [1.82, 2.24) is 15.3 Å². The van der Waals surface area contributed by atoms with Gasteiger partial charge in [-0.25, -0.2) is 14.6 Å². The molecule has 1 heterocycles. The second-order valence-electron chi connectivity index (χ2n) is 5.94. The number of hydrogen-bond donors (Lipinski definition) is 5.